The second-order valence-corrected chi connectivity index (χ2v) is 5.81. The van der Waals surface area contributed by atoms with Gasteiger partial charge >= 0.3 is 5.97 Å². The second-order valence-electron chi connectivity index (χ2n) is 5.81. The van der Waals surface area contributed by atoms with Gasteiger partial charge in [-0.2, -0.15) is 0 Å². The van der Waals surface area contributed by atoms with Gasteiger partial charge in [0.15, 0.2) is 5.96 Å². The van der Waals surface area contributed by atoms with Crippen LogP contribution in [0, 0.1) is 5.41 Å². The van der Waals surface area contributed by atoms with Crippen molar-refractivity contribution in [2.75, 3.05) is 0 Å². The summed E-state index contributed by atoms with van der Waals surface area (Å²) in [7, 11) is 0. The Morgan fingerprint density at radius 1 is 1.33 bits per heavy atom. The van der Waals surface area contributed by atoms with Crippen molar-refractivity contribution in [1.82, 2.24) is 15.5 Å². The van der Waals surface area contributed by atoms with Gasteiger partial charge < -0.3 is 15.7 Å². The number of aliphatic carboxylic acids is 1. The van der Waals surface area contributed by atoms with Crippen molar-refractivity contribution in [3.05, 3.63) is 35.9 Å². The molecular formula is C16H19N5O3. The van der Waals surface area contributed by atoms with Gasteiger partial charge in [0.05, 0.1) is 6.04 Å². The molecule has 2 aliphatic rings. The van der Waals surface area contributed by atoms with Gasteiger partial charge in [-0.3, -0.25) is 19.9 Å². The van der Waals surface area contributed by atoms with Crippen molar-refractivity contribution < 1.29 is 14.7 Å². The van der Waals surface area contributed by atoms with Crippen molar-refractivity contribution in [2.45, 2.75) is 37.6 Å². The molecule has 0 spiro atoms. The number of aliphatic imine (C=N–C) groups is 1. The summed E-state index contributed by atoms with van der Waals surface area (Å²) in [6.45, 7) is 0.473. The summed E-state index contributed by atoms with van der Waals surface area (Å²) < 4.78 is 0. The third-order valence-corrected chi connectivity index (χ3v) is 4.27. The lowest BCUT2D eigenvalue weighted by atomic mass is 10.2. The summed E-state index contributed by atoms with van der Waals surface area (Å²) in [5.74, 6) is -1.23. The van der Waals surface area contributed by atoms with Crippen molar-refractivity contribution in [2.24, 2.45) is 4.99 Å². The molecule has 2 heterocycles. The Labute approximate surface area is 139 Å². The zero-order valence-electron chi connectivity index (χ0n) is 13.0. The molecule has 0 radical (unpaired) electrons. The Balaban J connectivity index is 1.64. The number of hydrogen-bond acceptors (Lipinski definition) is 4. The Morgan fingerprint density at radius 3 is 2.79 bits per heavy atom. The van der Waals surface area contributed by atoms with Gasteiger partial charge in [-0.25, -0.2) is 4.99 Å². The van der Waals surface area contributed by atoms with E-state index < -0.39 is 24.2 Å². The van der Waals surface area contributed by atoms with Crippen LogP contribution < -0.4 is 10.6 Å². The van der Waals surface area contributed by atoms with Crippen molar-refractivity contribution >= 4 is 24.1 Å². The third-order valence-electron chi connectivity index (χ3n) is 4.27. The maximum absolute atomic E-state index is 11.9. The van der Waals surface area contributed by atoms with E-state index >= 15 is 0 Å². The first-order valence-electron chi connectivity index (χ1n) is 7.77. The predicted octanol–water partition coefficient (Wildman–Crippen LogP) is 0.155. The van der Waals surface area contributed by atoms with E-state index in [2.05, 4.69) is 15.6 Å². The molecule has 3 rings (SSSR count). The van der Waals surface area contributed by atoms with Gasteiger partial charge in [0.25, 0.3) is 5.91 Å². The first-order chi connectivity index (χ1) is 11.6. The summed E-state index contributed by atoms with van der Waals surface area (Å²) in [5, 5.41) is 23.2. The quantitative estimate of drug-likeness (QED) is 0.461. The van der Waals surface area contributed by atoms with Crippen molar-refractivity contribution in [1.29, 1.82) is 5.41 Å². The van der Waals surface area contributed by atoms with Gasteiger partial charge in [-0.15, -0.1) is 0 Å². The largest absolute Gasteiger partial charge is 0.480 e. The fourth-order valence-corrected chi connectivity index (χ4v) is 3.12. The molecular weight excluding hydrogens is 310 g/mol. The predicted molar refractivity (Wildman–Crippen MR) is 87.7 cm³/mol. The summed E-state index contributed by atoms with van der Waals surface area (Å²) in [5.41, 5.74) is 1.03. The number of benzene rings is 1. The summed E-state index contributed by atoms with van der Waals surface area (Å²) in [6, 6.07) is 8.36. The molecule has 1 fully saturated rings. The number of guanidine groups is 1. The molecule has 0 bridgehead atoms. The first kappa shape index (κ1) is 16.1. The smallest absolute Gasteiger partial charge is 0.321 e. The maximum Gasteiger partial charge on any atom is 0.321 e. The van der Waals surface area contributed by atoms with E-state index in [1.54, 1.807) is 4.90 Å². The van der Waals surface area contributed by atoms with E-state index in [-0.39, 0.29) is 11.9 Å². The highest BCUT2D eigenvalue weighted by molar-refractivity contribution is 5.95. The molecule has 1 saturated heterocycles. The highest BCUT2D eigenvalue weighted by Gasteiger charge is 2.46. The van der Waals surface area contributed by atoms with Gasteiger partial charge in [-0.05, 0) is 18.4 Å². The van der Waals surface area contributed by atoms with E-state index in [0.717, 1.165) is 5.56 Å². The van der Waals surface area contributed by atoms with Crippen molar-refractivity contribution in [3.63, 3.8) is 0 Å². The Hall–Kier alpha value is -2.74. The van der Waals surface area contributed by atoms with Gasteiger partial charge in [0.1, 0.15) is 12.2 Å². The fraction of sp³-hybridized carbons (Fsp3) is 0.375. The standard InChI is InChI=1S/C16H19N5O3/c17-16(19-8-10-4-2-1-3-5-10)20-13-9-18-14(22)11-6-7-12(15(23)24)21(11)13/h1-5,9,11-13H,6-8H2,(H,23,24)(H3,17,19,20). The minimum atomic E-state index is -0.962. The first-order valence-corrected chi connectivity index (χ1v) is 7.77. The van der Waals surface area contributed by atoms with Crippen LogP contribution in [0.4, 0.5) is 0 Å². The average molecular weight is 329 g/mol. The van der Waals surface area contributed by atoms with Crippen LogP contribution in [0.5, 0.6) is 0 Å². The molecule has 1 aromatic carbocycles. The van der Waals surface area contributed by atoms with Crippen LogP contribution in [-0.4, -0.2) is 52.3 Å². The molecule has 1 amide bonds. The third kappa shape index (κ3) is 3.28. The van der Waals surface area contributed by atoms with Crippen LogP contribution in [0.15, 0.2) is 35.3 Å². The summed E-state index contributed by atoms with van der Waals surface area (Å²) in [4.78, 5) is 28.7. The Bertz CT molecular complexity index is 676. The molecule has 24 heavy (non-hydrogen) atoms. The summed E-state index contributed by atoms with van der Waals surface area (Å²) >= 11 is 0. The molecule has 0 aliphatic carbocycles. The summed E-state index contributed by atoms with van der Waals surface area (Å²) in [6.07, 6.45) is 1.65. The van der Waals surface area contributed by atoms with Gasteiger partial charge in [0.2, 0.25) is 0 Å². The molecule has 3 atom stereocenters. The van der Waals surface area contributed by atoms with E-state index in [4.69, 9.17) is 5.41 Å². The van der Waals surface area contributed by atoms with Crippen LogP contribution in [0.2, 0.25) is 0 Å². The van der Waals surface area contributed by atoms with Crippen LogP contribution in [-0.2, 0) is 16.1 Å². The molecule has 126 valence electrons. The van der Waals surface area contributed by atoms with E-state index in [1.807, 2.05) is 30.3 Å². The topological polar surface area (TPSA) is 118 Å². The van der Waals surface area contributed by atoms with E-state index in [0.29, 0.717) is 19.4 Å². The molecule has 8 heteroatoms. The second kappa shape index (κ2) is 6.79. The van der Waals surface area contributed by atoms with Gasteiger partial charge in [-0.1, -0.05) is 30.3 Å². The van der Waals surface area contributed by atoms with Crippen molar-refractivity contribution in [3.8, 4) is 0 Å². The Morgan fingerprint density at radius 2 is 2.08 bits per heavy atom. The highest BCUT2D eigenvalue weighted by atomic mass is 16.4. The zero-order chi connectivity index (χ0) is 17.1. The number of carbonyl (C=O) groups is 2. The lowest BCUT2D eigenvalue weighted by molar-refractivity contribution is -0.144. The molecule has 8 nitrogen and oxygen atoms in total. The number of carboxylic acid groups (broad SMARTS) is 1. The van der Waals surface area contributed by atoms with Crippen LogP contribution in [0.25, 0.3) is 0 Å². The molecule has 0 aromatic heterocycles. The minimum Gasteiger partial charge on any atom is -0.480 e. The molecule has 4 N–H and O–H groups in total. The normalized spacial score (nSPS) is 26.0. The number of fused-ring (bicyclic) bond motifs is 1. The number of hydrogen-bond donors (Lipinski definition) is 4. The highest BCUT2D eigenvalue weighted by Crippen LogP contribution is 2.28. The molecule has 3 unspecified atom stereocenters. The fourth-order valence-electron chi connectivity index (χ4n) is 3.12. The number of nitrogens with zero attached hydrogens (tertiary/aromatic N) is 2. The zero-order valence-corrected chi connectivity index (χ0v) is 13.0. The average Bonchev–Trinajstić information content (AvgIpc) is 3.03. The van der Waals surface area contributed by atoms with Crippen LogP contribution in [0.3, 0.4) is 0 Å². The lowest BCUT2D eigenvalue weighted by Gasteiger charge is -2.35. The SMILES string of the molecule is N=C(NCc1ccccc1)NC1C=NC(=O)C2CCC(C(=O)O)N12. The van der Waals surface area contributed by atoms with Gasteiger partial charge in [0, 0.05) is 12.8 Å². The Kier molecular flexibility index (Phi) is 4.57. The maximum atomic E-state index is 11.9. The lowest BCUT2D eigenvalue weighted by Crippen LogP contribution is -2.60. The van der Waals surface area contributed by atoms with Crippen LogP contribution >= 0.6 is 0 Å². The number of amides is 1. The molecule has 2 aliphatic heterocycles. The number of carboxylic acids is 1. The van der Waals surface area contributed by atoms with Crippen LogP contribution in [0.1, 0.15) is 18.4 Å². The number of rotatable bonds is 4. The van der Waals surface area contributed by atoms with E-state index in [9.17, 15) is 14.7 Å². The minimum absolute atomic E-state index is 0.0550. The number of nitrogens with one attached hydrogen (secondary N) is 3. The molecule has 1 aromatic rings. The number of carbonyl (C=O) groups excluding carboxylic acids is 1. The monoisotopic (exact) mass is 329 g/mol. The van der Waals surface area contributed by atoms with E-state index in [1.165, 1.54) is 6.21 Å². The molecule has 0 saturated carbocycles.